The summed E-state index contributed by atoms with van der Waals surface area (Å²) in [6.07, 6.45) is 1.72. The van der Waals surface area contributed by atoms with Crippen molar-refractivity contribution < 1.29 is 9.47 Å². The first-order valence-electron chi connectivity index (χ1n) is 6.13. The van der Waals surface area contributed by atoms with Gasteiger partial charge in [0.25, 0.3) is 0 Å². The molecule has 0 bridgehead atoms. The molecule has 0 saturated carbocycles. The standard InChI is InChI=1S/C15H18N2O2/c1-11(12-4-6-14(18-2)7-5-12)17-13-8-9-16-15(10-13)19-3/h4-11H,1-3H3,(H,16,17). The van der Waals surface area contributed by atoms with Crippen LogP contribution in [-0.2, 0) is 0 Å². The van der Waals surface area contributed by atoms with Crippen LogP contribution in [0.1, 0.15) is 18.5 Å². The average Bonchev–Trinajstić information content (AvgIpc) is 2.47. The first kappa shape index (κ1) is 13.2. The third kappa shape index (κ3) is 3.37. The van der Waals surface area contributed by atoms with Crippen LogP contribution in [0.3, 0.4) is 0 Å². The van der Waals surface area contributed by atoms with Gasteiger partial charge in [0.2, 0.25) is 5.88 Å². The molecular formula is C15H18N2O2. The van der Waals surface area contributed by atoms with Gasteiger partial charge in [-0.2, -0.15) is 0 Å². The number of nitrogens with zero attached hydrogens (tertiary/aromatic N) is 1. The van der Waals surface area contributed by atoms with Gasteiger partial charge in [-0.15, -0.1) is 0 Å². The summed E-state index contributed by atoms with van der Waals surface area (Å²) in [5.74, 6) is 1.47. The molecular weight excluding hydrogens is 240 g/mol. The second-order valence-corrected chi connectivity index (χ2v) is 4.23. The summed E-state index contributed by atoms with van der Waals surface area (Å²) in [5, 5.41) is 3.41. The number of rotatable bonds is 5. The van der Waals surface area contributed by atoms with E-state index in [2.05, 4.69) is 29.4 Å². The van der Waals surface area contributed by atoms with Gasteiger partial charge in [-0.1, -0.05) is 12.1 Å². The number of nitrogens with one attached hydrogen (secondary N) is 1. The van der Waals surface area contributed by atoms with E-state index in [9.17, 15) is 0 Å². The van der Waals surface area contributed by atoms with Gasteiger partial charge in [0.1, 0.15) is 5.75 Å². The molecule has 0 fully saturated rings. The van der Waals surface area contributed by atoms with E-state index in [4.69, 9.17) is 9.47 Å². The number of ether oxygens (including phenoxy) is 2. The number of aromatic nitrogens is 1. The fraction of sp³-hybridized carbons (Fsp3) is 0.267. The van der Waals surface area contributed by atoms with Crippen LogP contribution in [-0.4, -0.2) is 19.2 Å². The Morgan fingerprint density at radius 3 is 2.42 bits per heavy atom. The van der Waals surface area contributed by atoms with Crippen LogP contribution >= 0.6 is 0 Å². The number of hydrogen-bond donors (Lipinski definition) is 1. The van der Waals surface area contributed by atoms with Crippen molar-refractivity contribution in [3.8, 4) is 11.6 Å². The maximum absolute atomic E-state index is 5.15. The summed E-state index contributed by atoms with van der Waals surface area (Å²) in [7, 11) is 3.28. The van der Waals surface area contributed by atoms with Crippen molar-refractivity contribution in [3.63, 3.8) is 0 Å². The first-order valence-corrected chi connectivity index (χ1v) is 6.13. The maximum atomic E-state index is 5.15. The third-order valence-electron chi connectivity index (χ3n) is 2.94. The predicted octanol–water partition coefficient (Wildman–Crippen LogP) is 3.27. The molecule has 19 heavy (non-hydrogen) atoms. The quantitative estimate of drug-likeness (QED) is 0.893. The minimum Gasteiger partial charge on any atom is -0.497 e. The normalized spacial score (nSPS) is 11.7. The highest BCUT2D eigenvalue weighted by molar-refractivity contribution is 5.47. The van der Waals surface area contributed by atoms with E-state index in [0.717, 1.165) is 11.4 Å². The zero-order valence-electron chi connectivity index (χ0n) is 11.4. The van der Waals surface area contributed by atoms with Crippen molar-refractivity contribution in [2.75, 3.05) is 19.5 Å². The molecule has 0 aliphatic rings. The highest BCUT2D eigenvalue weighted by Gasteiger charge is 2.06. The molecule has 1 heterocycles. The Hall–Kier alpha value is -2.23. The predicted molar refractivity (Wildman–Crippen MR) is 75.8 cm³/mol. The number of hydrogen-bond acceptors (Lipinski definition) is 4. The van der Waals surface area contributed by atoms with Gasteiger partial charge in [-0.05, 0) is 30.7 Å². The topological polar surface area (TPSA) is 43.4 Å². The molecule has 0 saturated heterocycles. The summed E-state index contributed by atoms with van der Waals surface area (Å²) in [5.41, 5.74) is 2.17. The molecule has 1 aromatic heterocycles. The van der Waals surface area contributed by atoms with Crippen LogP contribution in [0.4, 0.5) is 5.69 Å². The third-order valence-corrected chi connectivity index (χ3v) is 2.94. The van der Waals surface area contributed by atoms with E-state index >= 15 is 0 Å². The molecule has 0 aliphatic carbocycles. The molecule has 1 unspecified atom stereocenters. The molecule has 4 heteroatoms. The van der Waals surface area contributed by atoms with Crippen LogP contribution in [0.15, 0.2) is 42.6 Å². The second kappa shape index (κ2) is 6.09. The van der Waals surface area contributed by atoms with E-state index in [0.29, 0.717) is 5.88 Å². The lowest BCUT2D eigenvalue weighted by molar-refractivity contribution is 0.398. The van der Waals surface area contributed by atoms with Crippen LogP contribution in [0.25, 0.3) is 0 Å². The van der Waals surface area contributed by atoms with E-state index in [1.54, 1.807) is 20.4 Å². The Morgan fingerprint density at radius 2 is 1.79 bits per heavy atom. The molecule has 0 aliphatic heterocycles. The van der Waals surface area contributed by atoms with E-state index in [1.807, 2.05) is 24.3 Å². The van der Waals surface area contributed by atoms with Crippen molar-refractivity contribution in [1.82, 2.24) is 4.98 Å². The van der Waals surface area contributed by atoms with Crippen LogP contribution < -0.4 is 14.8 Å². The Labute approximate surface area is 113 Å². The van der Waals surface area contributed by atoms with E-state index in [1.165, 1.54) is 5.56 Å². The fourth-order valence-corrected chi connectivity index (χ4v) is 1.84. The van der Waals surface area contributed by atoms with Gasteiger partial charge in [-0.25, -0.2) is 4.98 Å². The number of anilines is 1. The van der Waals surface area contributed by atoms with Crippen LogP contribution in [0.5, 0.6) is 11.6 Å². The second-order valence-electron chi connectivity index (χ2n) is 4.23. The SMILES string of the molecule is COc1ccc(C(C)Nc2ccnc(OC)c2)cc1. The summed E-state index contributed by atoms with van der Waals surface area (Å²) < 4.78 is 10.3. The lowest BCUT2D eigenvalue weighted by atomic mass is 10.1. The van der Waals surface area contributed by atoms with Crippen molar-refractivity contribution >= 4 is 5.69 Å². The van der Waals surface area contributed by atoms with Gasteiger partial charge in [0.15, 0.2) is 0 Å². The Kier molecular flexibility index (Phi) is 4.23. The molecule has 1 atom stereocenters. The summed E-state index contributed by atoms with van der Waals surface area (Å²) in [6, 6.07) is 12.0. The maximum Gasteiger partial charge on any atom is 0.214 e. The monoisotopic (exact) mass is 258 g/mol. The largest absolute Gasteiger partial charge is 0.497 e. The smallest absolute Gasteiger partial charge is 0.214 e. The summed E-state index contributed by atoms with van der Waals surface area (Å²) >= 11 is 0. The summed E-state index contributed by atoms with van der Waals surface area (Å²) in [6.45, 7) is 2.11. The summed E-state index contributed by atoms with van der Waals surface area (Å²) in [4.78, 5) is 4.08. The molecule has 0 radical (unpaired) electrons. The average molecular weight is 258 g/mol. The van der Waals surface area contributed by atoms with Crippen molar-refractivity contribution in [3.05, 3.63) is 48.2 Å². The van der Waals surface area contributed by atoms with Gasteiger partial charge in [0.05, 0.1) is 14.2 Å². The van der Waals surface area contributed by atoms with E-state index < -0.39 is 0 Å². The minimum atomic E-state index is 0.193. The zero-order chi connectivity index (χ0) is 13.7. The minimum absolute atomic E-state index is 0.193. The van der Waals surface area contributed by atoms with Gasteiger partial charge >= 0.3 is 0 Å². The lowest BCUT2D eigenvalue weighted by Crippen LogP contribution is -2.06. The number of benzene rings is 1. The van der Waals surface area contributed by atoms with Crippen LogP contribution in [0.2, 0.25) is 0 Å². The Balaban J connectivity index is 2.08. The number of methoxy groups -OCH3 is 2. The highest BCUT2D eigenvalue weighted by Crippen LogP contribution is 2.22. The molecule has 2 rings (SSSR count). The molecule has 0 spiro atoms. The Bertz CT molecular complexity index is 526. The molecule has 100 valence electrons. The van der Waals surface area contributed by atoms with Crippen molar-refractivity contribution in [1.29, 1.82) is 0 Å². The molecule has 4 nitrogen and oxygen atoms in total. The first-order chi connectivity index (χ1) is 9.22. The number of pyridine rings is 1. The molecule has 0 amide bonds. The zero-order valence-corrected chi connectivity index (χ0v) is 11.4. The van der Waals surface area contributed by atoms with Gasteiger partial charge < -0.3 is 14.8 Å². The van der Waals surface area contributed by atoms with Crippen molar-refractivity contribution in [2.24, 2.45) is 0 Å². The highest BCUT2D eigenvalue weighted by atomic mass is 16.5. The van der Waals surface area contributed by atoms with Crippen LogP contribution in [0, 0.1) is 0 Å². The molecule has 1 N–H and O–H groups in total. The van der Waals surface area contributed by atoms with Crippen molar-refractivity contribution in [2.45, 2.75) is 13.0 Å². The van der Waals surface area contributed by atoms with E-state index in [-0.39, 0.29) is 6.04 Å². The molecule has 2 aromatic rings. The van der Waals surface area contributed by atoms with Gasteiger partial charge in [-0.3, -0.25) is 0 Å². The fourth-order valence-electron chi connectivity index (χ4n) is 1.84. The Morgan fingerprint density at radius 1 is 1.05 bits per heavy atom. The lowest BCUT2D eigenvalue weighted by Gasteiger charge is -2.16. The van der Waals surface area contributed by atoms with Gasteiger partial charge in [0, 0.05) is 24.0 Å². The molecule has 1 aromatic carbocycles.